The molecule has 0 fully saturated rings. The minimum atomic E-state index is -0.529. The Morgan fingerprint density at radius 3 is 2.46 bits per heavy atom. The second-order valence-corrected chi connectivity index (χ2v) is 5.38. The predicted octanol–water partition coefficient (Wildman–Crippen LogP) is 4.43. The zero-order valence-electron chi connectivity index (χ0n) is 13.2. The molecule has 0 heterocycles. The van der Waals surface area contributed by atoms with Gasteiger partial charge in [-0.25, -0.2) is 0 Å². The van der Waals surface area contributed by atoms with E-state index in [-0.39, 0.29) is 23.1 Å². The standard InChI is InChI=1S/C17H16ClNO5/c1-3-23-16-6-4-12(11(2)20)8-13(16)10-24-17-7-5-14(19(21)22)9-15(17)18/h4-9H,3,10H2,1-2H3. The van der Waals surface area contributed by atoms with E-state index in [9.17, 15) is 14.9 Å². The lowest BCUT2D eigenvalue weighted by Crippen LogP contribution is -2.04. The SMILES string of the molecule is CCOc1ccc(C(C)=O)cc1COc1ccc([N+](=O)[O-])cc1Cl. The topological polar surface area (TPSA) is 78.7 Å². The van der Waals surface area contributed by atoms with Crippen LogP contribution in [0.2, 0.25) is 5.02 Å². The highest BCUT2D eigenvalue weighted by molar-refractivity contribution is 6.32. The Labute approximate surface area is 144 Å². The van der Waals surface area contributed by atoms with Crippen LogP contribution in [-0.4, -0.2) is 17.3 Å². The molecule has 0 atom stereocenters. The van der Waals surface area contributed by atoms with Crippen LogP contribution < -0.4 is 9.47 Å². The van der Waals surface area contributed by atoms with Gasteiger partial charge in [-0.15, -0.1) is 0 Å². The molecule has 0 amide bonds. The monoisotopic (exact) mass is 349 g/mol. The summed E-state index contributed by atoms with van der Waals surface area (Å²) in [5.74, 6) is 0.867. The first-order chi connectivity index (χ1) is 11.4. The number of nitro benzene ring substituents is 1. The number of benzene rings is 2. The van der Waals surface area contributed by atoms with Crippen molar-refractivity contribution >= 4 is 23.1 Å². The molecule has 0 N–H and O–H groups in total. The molecular formula is C17H16ClNO5. The first-order valence-corrected chi connectivity index (χ1v) is 7.63. The summed E-state index contributed by atoms with van der Waals surface area (Å²) in [5, 5.41) is 10.9. The summed E-state index contributed by atoms with van der Waals surface area (Å²) in [5.41, 5.74) is 1.13. The zero-order chi connectivity index (χ0) is 17.7. The van der Waals surface area contributed by atoms with Gasteiger partial charge in [0.1, 0.15) is 18.1 Å². The highest BCUT2D eigenvalue weighted by Crippen LogP contribution is 2.30. The Bertz CT molecular complexity index is 776. The van der Waals surface area contributed by atoms with Gasteiger partial charge in [-0.3, -0.25) is 14.9 Å². The Balaban J connectivity index is 2.23. The fraction of sp³-hybridized carbons (Fsp3) is 0.235. The largest absolute Gasteiger partial charge is 0.493 e. The van der Waals surface area contributed by atoms with Crippen molar-refractivity contribution in [3.63, 3.8) is 0 Å². The van der Waals surface area contributed by atoms with E-state index >= 15 is 0 Å². The maximum atomic E-state index is 11.5. The molecule has 0 aliphatic heterocycles. The molecule has 126 valence electrons. The van der Waals surface area contributed by atoms with Crippen molar-refractivity contribution in [1.29, 1.82) is 0 Å². The molecule has 7 heteroatoms. The van der Waals surface area contributed by atoms with E-state index in [1.165, 1.54) is 25.1 Å². The Hall–Kier alpha value is -2.60. The first kappa shape index (κ1) is 17.7. The number of Topliss-reactive ketones (excluding diaryl/α,β-unsaturated/α-hetero) is 1. The molecule has 24 heavy (non-hydrogen) atoms. The first-order valence-electron chi connectivity index (χ1n) is 7.25. The molecule has 2 rings (SSSR count). The molecule has 2 aromatic rings. The third-order valence-corrected chi connectivity index (χ3v) is 3.57. The molecule has 0 unspecified atom stereocenters. The van der Waals surface area contributed by atoms with Crippen LogP contribution in [0.4, 0.5) is 5.69 Å². The fourth-order valence-corrected chi connectivity index (χ4v) is 2.31. The molecule has 0 aliphatic carbocycles. The number of carbonyl (C=O) groups is 1. The number of halogens is 1. The quantitative estimate of drug-likeness (QED) is 0.419. The van der Waals surface area contributed by atoms with Crippen molar-refractivity contribution in [2.24, 2.45) is 0 Å². The number of carbonyl (C=O) groups excluding carboxylic acids is 1. The van der Waals surface area contributed by atoms with Crippen LogP contribution in [0.1, 0.15) is 29.8 Å². The van der Waals surface area contributed by atoms with Gasteiger partial charge in [-0.1, -0.05) is 11.6 Å². The van der Waals surface area contributed by atoms with Gasteiger partial charge in [0.05, 0.1) is 16.6 Å². The molecule has 0 aromatic heterocycles. The molecule has 0 spiro atoms. The maximum absolute atomic E-state index is 11.5. The molecule has 0 bridgehead atoms. The van der Waals surface area contributed by atoms with Gasteiger partial charge in [0, 0.05) is 23.3 Å². The van der Waals surface area contributed by atoms with E-state index < -0.39 is 4.92 Å². The third-order valence-electron chi connectivity index (χ3n) is 3.28. The van der Waals surface area contributed by atoms with E-state index in [1.807, 2.05) is 6.92 Å². The van der Waals surface area contributed by atoms with Crippen LogP contribution in [-0.2, 0) is 6.61 Å². The predicted molar refractivity (Wildman–Crippen MR) is 90.1 cm³/mol. The minimum Gasteiger partial charge on any atom is -0.493 e. The number of nitrogens with zero attached hydrogens (tertiary/aromatic N) is 1. The van der Waals surface area contributed by atoms with E-state index in [0.717, 1.165) is 0 Å². The number of rotatable bonds is 7. The lowest BCUT2D eigenvalue weighted by molar-refractivity contribution is -0.384. The highest BCUT2D eigenvalue weighted by Gasteiger charge is 2.12. The Morgan fingerprint density at radius 2 is 1.88 bits per heavy atom. The molecule has 0 saturated heterocycles. The van der Waals surface area contributed by atoms with Gasteiger partial charge >= 0.3 is 0 Å². The summed E-state index contributed by atoms with van der Waals surface area (Å²) in [6.45, 7) is 3.93. The summed E-state index contributed by atoms with van der Waals surface area (Å²) in [4.78, 5) is 21.7. The van der Waals surface area contributed by atoms with E-state index in [4.69, 9.17) is 21.1 Å². The lowest BCUT2D eigenvalue weighted by Gasteiger charge is -2.13. The zero-order valence-corrected chi connectivity index (χ0v) is 14.0. The summed E-state index contributed by atoms with van der Waals surface area (Å²) < 4.78 is 11.2. The van der Waals surface area contributed by atoms with Crippen molar-refractivity contribution in [2.45, 2.75) is 20.5 Å². The molecule has 0 radical (unpaired) electrons. The van der Waals surface area contributed by atoms with Crippen LogP contribution in [0.15, 0.2) is 36.4 Å². The Kier molecular flexibility index (Phi) is 5.76. The van der Waals surface area contributed by atoms with Crippen LogP contribution in [0.25, 0.3) is 0 Å². The van der Waals surface area contributed by atoms with Gasteiger partial charge in [-0.05, 0) is 38.1 Å². The van der Waals surface area contributed by atoms with Gasteiger partial charge in [-0.2, -0.15) is 0 Å². The van der Waals surface area contributed by atoms with E-state index in [0.29, 0.717) is 29.2 Å². The number of nitro groups is 1. The number of hydrogen-bond acceptors (Lipinski definition) is 5. The molecule has 6 nitrogen and oxygen atoms in total. The second-order valence-electron chi connectivity index (χ2n) is 4.97. The molecular weight excluding hydrogens is 334 g/mol. The smallest absolute Gasteiger partial charge is 0.271 e. The average Bonchev–Trinajstić information content (AvgIpc) is 2.54. The van der Waals surface area contributed by atoms with Gasteiger partial charge in [0.15, 0.2) is 5.78 Å². The number of ketones is 1. The number of hydrogen-bond donors (Lipinski definition) is 0. The Morgan fingerprint density at radius 1 is 1.17 bits per heavy atom. The molecule has 0 aliphatic rings. The van der Waals surface area contributed by atoms with Crippen molar-refractivity contribution in [3.05, 3.63) is 62.7 Å². The van der Waals surface area contributed by atoms with Crippen LogP contribution in [0.3, 0.4) is 0 Å². The van der Waals surface area contributed by atoms with Crippen LogP contribution in [0, 0.1) is 10.1 Å². The van der Waals surface area contributed by atoms with Crippen molar-refractivity contribution in [3.8, 4) is 11.5 Å². The van der Waals surface area contributed by atoms with E-state index in [1.54, 1.807) is 18.2 Å². The summed E-state index contributed by atoms with van der Waals surface area (Å²) in [6.07, 6.45) is 0. The van der Waals surface area contributed by atoms with E-state index in [2.05, 4.69) is 0 Å². The summed E-state index contributed by atoms with van der Waals surface area (Å²) >= 11 is 6.01. The average molecular weight is 350 g/mol. The van der Waals surface area contributed by atoms with Gasteiger partial charge < -0.3 is 9.47 Å². The highest BCUT2D eigenvalue weighted by atomic mass is 35.5. The summed E-state index contributed by atoms with van der Waals surface area (Å²) in [6, 6.07) is 9.09. The third kappa shape index (κ3) is 4.23. The number of non-ortho nitro benzene ring substituents is 1. The normalized spacial score (nSPS) is 10.3. The van der Waals surface area contributed by atoms with Crippen LogP contribution >= 0.6 is 11.6 Å². The second kappa shape index (κ2) is 7.79. The van der Waals surface area contributed by atoms with Gasteiger partial charge in [0.25, 0.3) is 5.69 Å². The minimum absolute atomic E-state index is 0.0623. The van der Waals surface area contributed by atoms with Crippen LogP contribution in [0.5, 0.6) is 11.5 Å². The van der Waals surface area contributed by atoms with Crippen molar-refractivity contribution in [1.82, 2.24) is 0 Å². The molecule has 2 aromatic carbocycles. The van der Waals surface area contributed by atoms with Crippen molar-refractivity contribution in [2.75, 3.05) is 6.61 Å². The molecule has 0 saturated carbocycles. The number of ether oxygens (including phenoxy) is 2. The van der Waals surface area contributed by atoms with Crippen molar-refractivity contribution < 1.29 is 19.2 Å². The summed E-state index contributed by atoms with van der Waals surface area (Å²) in [7, 11) is 0. The fourth-order valence-electron chi connectivity index (χ4n) is 2.08. The lowest BCUT2D eigenvalue weighted by atomic mass is 10.1. The maximum Gasteiger partial charge on any atom is 0.271 e. The van der Waals surface area contributed by atoms with Gasteiger partial charge in [0.2, 0.25) is 0 Å².